The van der Waals surface area contributed by atoms with Crippen LogP contribution in [-0.2, 0) is 16.1 Å². The summed E-state index contributed by atoms with van der Waals surface area (Å²) in [5.41, 5.74) is 2.53. The molecule has 134 valence electrons. The number of fused-ring (bicyclic) bond motifs is 1. The topological polar surface area (TPSA) is 96.5 Å². The molecular weight excluding hydrogens is 402 g/mol. The summed E-state index contributed by atoms with van der Waals surface area (Å²) in [6, 6.07) is 10.4. The number of carbonyl (C=O) groups excluding carboxylic acids is 3. The normalized spacial score (nSPS) is 12.5. The lowest BCUT2D eigenvalue weighted by Crippen LogP contribution is -2.27. The monoisotopic (exact) mass is 417 g/mol. The second-order valence-electron chi connectivity index (χ2n) is 5.73. The summed E-state index contributed by atoms with van der Waals surface area (Å²) >= 11 is 3.35. The van der Waals surface area contributed by atoms with Crippen molar-refractivity contribution in [3.8, 4) is 5.75 Å². The van der Waals surface area contributed by atoms with Gasteiger partial charge in [-0.25, -0.2) is 0 Å². The van der Waals surface area contributed by atoms with Crippen LogP contribution in [0.2, 0.25) is 0 Å². The van der Waals surface area contributed by atoms with Gasteiger partial charge in [0, 0.05) is 23.6 Å². The van der Waals surface area contributed by atoms with Crippen LogP contribution in [0.15, 0.2) is 40.9 Å². The van der Waals surface area contributed by atoms with E-state index in [0.717, 1.165) is 5.56 Å². The SMILES string of the molecule is CC(=O)Nc1ccc(CNC(=O)c2cc3c(cc2Br)NC(=O)CO3)cc1. The molecule has 0 saturated heterocycles. The number of hydrogen-bond donors (Lipinski definition) is 3. The molecule has 7 nitrogen and oxygen atoms in total. The van der Waals surface area contributed by atoms with E-state index in [-0.39, 0.29) is 24.3 Å². The van der Waals surface area contributed by atoms with Crippen molar-refractivity contribution in [2.75, 3.05) is 17.2 Å². The van der Waals surface area contributed by atoms with E-state index in [1.165, 1.54) is 6.92 Å². The molecule has 0 unspecified atom stereocenters. The maximum absolute atomic E-state index is 12.5. The highest BCUT2D eigenvalue weighted by atomic mass is 79.9. The lowest BCUT2D eigenvalue weighted by Gasteiger charge is -2.19. The standard InChI is InChI=1S/C18H16BrN3O4/c1-10(23)21-12-4-2-11(3-5-12)8-20-18(25)13-6-16-15(7-14(13)19)22-17(24)9-26-16/h2-7H,8-9H2,1H3,(H,20,25)(H,21,23)(H,22,24). The van der Waals surface area contributed by atoms with Crippen LogP contribution in [0.25, 0.3) is 0 Å². The highest BCUT2D eigenvalue weighted by Crippen LogP contribution is 2.33. The molecule has 1 aliphatic rings. The lowest BCUT2D eigenvalue weighted by molar-refractivity contribution is -0.118. The molecule has 3 N–H and O–H groups in total. The molecule has 0 spiro atoms. The van der Waals surface area contributed by atoms with Gasteiger partial charge in [-0.2, -0.15) is 0 Å². The van der Waals surface area contributed by atoms with Crippen molar-refractivity contribution in [2.24, 2.45) is 0 Å². The summed E-state index contributed by atoms with van der Waals surface area (Å²) < 4.78 is 5.90. The molecule has 2 aromatic rings. The van der Waals surface area contributed by atoms with Crippen molar-refractivity contribution in [1.29, 1.82) is 0 Å². The summed E-state index contributed by atoms with van der Waals surface area (Å²) in [7, 11) is 0. The summed E-state index contributed by atoms with van der Waals surface area (Å²) in [4.78, 5) is 34.8. The van der Waals surface area contributed by atoms with E-state index in [0.29, 0.717) is 33.7 Å². The van der Waals surface area contributed by atoms with Gasteiger partial charge in [-0.1, -0.05) is 12.1 Å². The Morgan fingerprint density at radius 3 is 2.65 bits per heavy atom. The minimum absolute atomic E-state index is 0.0731. The Morgan fingerprint density at radius 2 is 1.96 bits per heavy atom. The van der Waals surface area contributed by atoms with Gasteiger partial charge in [-0.3, -0.25) is 14.4 Å². The number of amides is 3. The molecule has 0 bridgehead atoms. The van der Waals surface area contributed by atoms with Crippen molar-refractivity contribution < 1.29 is 19.1 Å². The van der Waals surface area contributed by atoms with Crippen LogP contribution in [0.1, 0.15) is 22.8 Å². The number of halogens is 1. The maximum atomic E-state index is 12.5. The van der Waals surface area contributed by atoms with Gasteiger partial charge in [-0.15, -0.1) is 0 Å². The summed E-state index contributed by atoms with van der Waals surface area (Å²) in [6.45, 7) is 1.70. The Labute approximate surface area is 158 Å². The fourth-order valence-corrected chi connectivity index (χ4v) is 2.98. The van der Waals surface area contributed by atoms with Crippen LogP contribution in [0, 0.1) is 0 Å². The van der Waals surface area contributed by atoms with Crippen molar-refractivity contribution in [3.63, 3.8) is 0 Å². The lowest BCUT2D eigenvalue weighted by atomic mass is 10.1. The fraction of sp³-hybridized carbons (Fsp3) is 0.167. The zero-order valence-corrected chi connectivity index (χ0v) is 15.5. The zero-order valence-electron chi connectivity index (χ0n) is 13.9. The molecular formula is C18H16BrN3O4. The van der Waals surface area contributed by atoms with Crippen molar-refractivity contribution in [3.05, 3.63) is 52.0 Å². The molecule has 3 rings (SSSR count). The van der Waals surface area contributed by atoms with Crippen LogP contribution in [0.3, 0.4) is 0 Å². The molecule has 1 heterocycles. The number of carbonyl (C=O) groups is 3. The Kier molecular flexibility index (Phi) is 5.22. The van der Waals surface area contributed by atoms with Crippen molar-refractivity contribution >= 4 is 45.0 Å². The Morgan fingerprint density at radius 1 is 1.23 bits per heavy atom. The predicted molar refractivity (Wildman–Crippen MR) is 100 cm³/mol. The van der Waals surface area contributed by atoms with Gasteiger partial charge in [0.15, 0.2) is 6.61 Å². The molecule has 0 saturated carbocycles. The van der Waals surface area contributed by atoms with E-state index in [1.807, 2.05) is 12.1 Å². The van der Waals surface area contributed by atoms with Gasteiger partial charge < -0.3 is 20.7 Å². The summed E-state index contributed by atoms with van der Waals surface area (Å²) in [5.74, 6) is -0.185. The van der Waals surface area contributed by atoms with E-state index in [4.69, 9.17) is 4.74 Å². The largest absolute Gasteiger partial charge is 0.482 e. The Bertz CT molecular complexity index is 881. The van der Waals surface area contributed by atoms with Gasteiger partial charge in [0.25, 0.3) is 11.8 Å². The predicted octanol–water partition coefficient (Wildman–Crippen LogP) is 2.67. The minimum Gasteiger partial charge on any atom is -0.482 e. The second-order valence-corrected chi connectivity index (χ2v) is 6.58. The summed E-state index contributed by atoms with van der Waals surface area (Å²) in [6.07, 6.45) is 0. The smallest absolute Gasteiger partial charge is 0.262 e. The average Bonchev–Trinajstić information content (AvgIpc) is 2.59. The fourth-order valence-electron chi connectivity index (χ4n) is 2.46. The van der Waals surface area contributed by atoms with Crippen LogP contribution in [0.5, 0.6) is 5.75 Å². The van der Waals surface area contributed by atoms with E-state index in [2.05, 4.69) is 31.9 Å². The van der Waals surface area contributed by atoms with Crippen LogP contribution < -0.4 is 20.7 Å². The van der Waals surface area contributed by atoms with Gasteiger partial charge >= 0.3 is 0 Å². The first-order valence-corrected chi connectivity index (χ1v) is 8.62. The van der Waals surface area contributed by atoms with E-state index in [1.54, 1.807) is 24.3 Å². The number of anilines is 2. The van der Waals surface area contributed by atoms with Gasteiger partial charge in [0.2, 0.25) is 5.91 Å². The Balaban J connectivity index is 1.67. The molecule has 1 aliphatic heterocycles. The zero-order chi connectivity index (χ0) is 18.7. The van der Waals surface area contributed by atoms with Crippen molar-refractivity contribution in [2.45, 2.75) is 13.5 Å². The first-order chi connectivity index (χ1) is 12.4. The third kappa shape index (κ3) is 4.20. The first-order valence-electron chi connectivity index (χ1n) is 7.83. The molecule has 26 heavy (non-hydrogen) atoms. The van der Waals surface area contributed by atoms with E-state index >= 15 is 0 Å². The highest BCUT2D eigenvalue weighted by Gasteiger charge is 2.20. The van der Waals surface area contributed by atoms with E-state index in [9.17, 15) is 14.4 Å². The molecule has 0 atom stereocenters. The highest BCUT2D eigenvalue weighted by molar-refractivity contribution is 9.10. The molecule has 0 fully saturated rings. The van der Waals surface area contributed by atoms with Gasteiger partial charge in [0.05, 0.1) is 11.3 Å². The third-order valence-corrected chi connectivity index (χ3v) is 4.33. The van der Waals surface area contributed by atoms with Crippen LogP contribution in [0.4, 0.5) is 11.4 Å². The average molecular weight is 418 g/mol. The molecule has 0 radical (unpaired) electrons. The van der Waals surface area contributed by atoms with Crippen LogP contribution >= 0.6 is 15.9 Å². The van der Waals surface area contributed by atoms with Crippen LogP contribution in [-0.4, -0.2) is 24.3 Å². The third-order valence-electron chi connectivity index (χ3n) is 3.67. The molecule has 3 amide bonds. The number of rotatable bonds is 4. The van der Waals surface area contributed by atoms with Gasteiger partial charge in [0.1, 0.15) is 5.75 Å². The first kappa shape index (κ1) is 17.9. The number of benzene rings is 2. The number of hydrogen-bond acceptors (Lipinski definition) is 4. The number of nitrogens with one attached hydrogen (secondary N) is 3. The quantitative estimate of drug-likeness (QED) is 0.712. The maximum Gasteiger partial charge on any atom is 0.262 e. The number of ether oxygens (including phenoxy) is 1. The molecule has 8 heteroatoms. The van der Waals surface area contributed by atoms with Crippen molar-refractivity contribution in [1.82, 2.24) is 5.32 Å². The van der Waals surface area contributed by atoms with E-state index < -0.39 is 0 Å². The molecule has 2 aromatic carbocycles. The summed E-state index contributed by atoms with van der Waals surface area (Å²) in [5, 5.41) is 8.21. The molecule has 0 aliphatic carbocycles. The second kappa shape index (κ2) is 7.57. The van der Waals surface area contributed by atoms with Gasteiger partial charge in [-0.05, 0) is 45.8 Å². The Hall–Kier alpha value is -2.87. The minimum atomic E-state index is -0.272. The molecule has 0 aromatic heterocycles.